The van der Waals surface area contributed by atoms with Crippen LogP contribution in [0.15, 0.2) is 35.4 Å². The van der Waals surface area contributed by atoms with Gasteiger partial charge in [0.2, 0.25) is 6.79 Å². The molecule has 0 atom stereocenters. The van der Waals surface area contributed by atoms with E-state index in [1.807, 2.05) is 32.0 Å². The summed E-state index contributed by atoms with van der Waals surface area (Å²) >= 11 is 6.13. The van der Waals surface area contributed by atoms with Crippen LogP contribution in [0.3, 0.4) is 0 Å². The van der Waals surface area contributed by atoms with Crippen LogP contribution in [0.25, 0.3) is 0 Å². The predicted molar refractivity (Wildman–Crippen MR) is 94.7 cm³/mol. The number of nitrogens with one attached hydrogen (secondary N) is 1. The molecule has 3 rings (SSSR count). The van der Waals surface area contributed by atoms with Crippen LogP contribution < -0.4 is 19.6 Å². The van der Waals surface area contributed by atoms with Crippen LogP contribution in [0.1, 0.15) is 16.7 Å². The third-order valence-corrected chi connectivity index (χ3v) is 3.90. The zero-order valence-corrected chi connectivity index (χ0v) is 14.6. The second-order valence-corrected chi connectivity index (χ2v) is 5.98. The number of ether oxygens (including phenoxy) is 3. The first-order valence-electron chi connectivity index (χ1n) is 7.64. The Morgan fingerprint density at radius 3 is 2.80 bits per heavy atom. The van der Waals surface area contributed by atoms with E-state index < -0.39 is 0 Å². The van der Waals surface area contributed by atoms with Gasteiger partial charge < -0.3 is 14.2 Å². The number of carbonyl (C=O) groups excluding carboxylic acids is 1. The fourth-order valence-corrected chi connectivity index (χ4v) is 2.54. The highest BCUT2D eigenvalue weighted by Gasteiger charge is 2.15. The molecule has 1 aliphatic rings. The Kier molecular flexibility index (Phi) is 5.09. The summed E-state index contributed by atoms with van der Waals surface area (Å²) in [5.74, 6) is 1.49. The highest BCUT2D eigenvalue weighted by molar-refractivity contribution is 6.33. The van der Waals surface area contributed by atoms with Gasteiger partial charge in [0.15, 0.2) is 18.1 Å². The van der Waals surface area contributed by atoms with E-state index in [-0.39, 0.29) is 19.3 Å². The number of rotatable bonds is 5. The van der Waals surface area contributed by atoms with Crippen LogP contribution in [-0.2, 0) is 4.79 Å². The first kappa shape index (κ1) is 17.1. The molecule has 1 N–H and O–H groups in total. The molecule has 1 heterocycles. The number of nitrogens with zero attached hydrogens (tertiary/aromatic N) is 1. The number of hydrogen-bond donors (Lipinski definition) is 1. The normalized spacial score (nSPS) is 12.4. The summed E-state index contributed by atoms with van der Waals surface area (Å²) in [6.45, 7) is 3.97. The van der Waals surface area contributed by atoms with Gasteiger partial charge in [-0.15, -0.1) is 0 Å². The molecular weight excluding hydrogens is 344 g/mol. The van der Waals surface area contributed by atoms with Gasteiger partial charge in [-0.05, 0) is 31.5 Å². The lowest BCUT2D eigenvalue weighted by Crippen LogP contribution is -2.24. The van der Waals surface area contributed by atoms with E-state index in [0.29, 0.717) is 27.8 Å². The zero-order valence-electron chi connectivity index (χ0n) is 13.8. The molecule has 1 amide bonds. The number of fused-ring (bicyclic) bond motifs is 1. The standard InChI is InChI=1S/C18H17ClN2O4/c1-11-3-4-15(12(2)5-11)23-9-18(22)21-20-8-13-6-16-17(7-14(13)19)25-10-24-16/h3-8H,9-10H2,1-2H3,(H,21,22). The van der Waals surface area contributed by atoms with Crippen molar-refractivity contribution in [1.82, 2.24) is 5.43 Å². The Balaban J connectivity index is 1.54. The number of hydrazone groups is 1. The molecule has 6 nitrogen and oxygen atoms in total. The highest BCUT2D eigenvalue weighted by Crippen LogP contribution is 2.36. The highest BCUT2D eigenvalue weighted by atomic mass is 35.5. The van der Waals surface area contributed by atoms with E-state index in [9.17, 15) is 4.79 Å². The molecule has 0 fully saturated rings. The monoisotopic (exact) mass is 360 g/mol. The largest absolute Gasteiger partial charge is 0.483 e. The van der Waals surface area contributed by atoms with Gasteiger partial charge in [0, 0.05) is 11.6 Å². The van der Waals surface area contributed by atoms with E-state index in [2.05, 4.69) is 10.5 Å². The predicted octanol–water partition coefficient (Wildman–Crippen LogP) is 3.21. The summed E-state index contributed by atoms with van der Waals surface area (Å²) in [7, 11) is 0. The minimum atomic E-state index is -0.368. The molecule has 0 unspecified atom stereocenters. The van der Waals surface area contributed by atoms with Crippen molar-refractivity contribution in [1.29, 1.82) is 0 Å². The fraction of sp³-hybridized carbons (Fsp3) is 0.222. The van der Waals surface area contributed by atoms with Crippen LogP contribution in [0.2, 0.25) is 5.02 Å². The summed E-state index contributed by atoms with van der Waals surface area (Å²) in [6.07, 6.45) is 1.44. The van der Waals surface area contributed by atoms with E-state index in [4.69, 9.17) is 25.8 Å². The van der Waals surface area contributed by atoms with Crippen LogP contribution in [0, 0.1) is 13.8 Å². The third kappa shape index (κ3) is 4.22. The number of halogens is 1. The van der Waals surface area contributed by atoms with E-state index >= 15 is 0 Å². The third-order valence-electron chi connectivity index (χ3n) is 3.57. The van der Waals surface area contributed by atoms with E-state index in [1.54, 1.807) is 12.1 Å². The molecule has 25 heavy (non-hydrogen) atoms. The van der Waals surface area contributed by atoms with Crippen molar-refractivity contribution in [3.05, 3.63) is 52.0 Å². The lowest BCUT2D eigenvalue weighted by atomic mass is 10.1. The molecule has 0 radical (unpaired) electrons. The molecule has 7 heteroatoms. The van der Waals surface area contributed by atoms with Gasteiger partial charge in [0.25, 0.3) is 5.91 Å². The van der Waals surface area contributed by atoms with E-state index in [0.717, 1.165) is 11.1 Å². The lowest BCUT2D eigenvalue weighted by molar-refractivity contribution is -0.123. The number of hydrogen-bond acceptors (Lipinski definition) is 5. The Morgan fingerprint density at radius 1 is 1.28 bits per heavy atom. The van der Waals surface area contributed by atoms with Crippen LogP contribution >= 0.6 is 11.6 Å². The lowest BCUT2D eigenvalue weighted by Gasteiger charge is -2.08. The van der Waals surface area contributed by atoms with Gasteiger partial charge in [-0.3, -0.25) is 4.79 Å². The maximum atomic E-state index is 11.8. The van der Waals surface area contributed by atoms with E-state index in [1.165, 1.54) is 6.21 Å². The number of amides is 1. The molecule has 1 aliphatic heterocycles. The molecular formula is C18H17ClN2O4. The molecule has 0 spiro atoms. The SMILES string of the molecule is Cc1ccc(OCC(=O)NN=Cc2cc3c(cc2Cl)OCO3)c(C)c1. The van der Waals surface area contributed by atoms with Gasteiger partial charge >= 0.3 is 0 Å². The number of benzene rings is 2. The van der Waals surface area contributed by atoms with Crippen molar-refractivity contribution < 1.29 is 19.0 Å². The summed E-state index contributed by atoms with van der Waals surface area (Å²) in [5, 5.41) is 4.34. The van der Waals surface area contributed by atoms with Crippen molar-refractivity contribution >= 4 is 23.7 Å². The quantitative estimate of drug-likeness (QED) is 0.656. The van der Waals surface area contributed by atoms with Crippen molar-refractivity contribution in [2.75, 3.05) is 13.4 Å². The van der Waals surface area contributed by atoms with Crippen LogP contribution in [-0.4, -0.2) is 25.5 Å². The second-order valence-electron chi connectivity index (χ2n) is 5.58. The maximum absolute atomic E-state index is 11.8. The molecule has 0 aliphatic carbocycles. The number of aryl methyl sites for hydroxylation is 2. The zero-order chi connectivity index (χ0) is 17.8. The molecule has 0 aromatic heterocycles. The van der Waals surface area contributed by atoms with Crippen LogP contribution in [0.4, 0.5) is 0 Å². The van der Waals surface area contributed by atoms with Crippen molar-refractivity contribution in [2.24, 2.45) is 5.10 Å². The molecule has 0 saturated heterocycles. The van der Waals surface area contributed by atoms with Crippen LogP contribution in [0.5, 0.6) is 17.2 Å². The van der Waals surface area contributed by atoms with Crippen molar-refractivity contribution in [2.45, 2.75) is 13.8 Å². The summed E-state index contributed by atoms with van der Waals surface area (Å²) in [4.78, 5) is 11.8. The molecule has 0 bridgehead atoms. The smallest absolute Gasteiger partial charge is 0.277 e. The number of carbonyl (C=O) groups is 1. The molecule has 130 valence electrons. The van der Waals surface area contributed by atoms with Gasteiger partial charge in [0.1, 0.15) is 5.75 Å². The molecule has 0 saturated carbocycles. The maximum Gasteiger partial charge on any atom is 0.277 e. The topological polar surface area (TPSA) is 69.2 Å². The average molecular weight is 361 g/mol. The first-order valence-corrected chi connectivity index (χ1v) is 8.02. The van der Waals surface area contributed by atoms with Gasteiger partial charge in [0.05, 0.1) is 11.2 Å². The van der Waals surface area contributed by atoms with Crippen molar-refractivity contribution in [3.63, 3.8) is 0 Å². The minimum Gasteiger partial charge on any atom is -0.483 e. The average Bonchev–Trinajstić information content (AvgIpc) is 3.01. The summed E-state index contributed by atoms with van der Waals surface area (Å²) in [5.41, 5.74) is 5.13. The summed E-state index contributed by atoms with van der Waals surface area (Å²) in [6, 6.07) is 9.11. The Labute approximate surface area is 150 Å². The van der Waals surface area contributed by atoms with Crippen molar-refractivity contribution in [3.8, 4) is 17.2 Å². The summed E-state index contributed by atoms with van der Waals surface area (Å²) < 4.78 is 16.0. The molecule has 2 aromatic carbocycles. The second kappa shape index (κ2) is 7.44. The van der Waals surface area contributed by atoms with Gasteiger partial charge in [-0.25, -0.2) is 5.43 Å². The van der Waals surface area contributed by atoms with Gasteiger partial charge in [-0.2, -0.15) is 5.10 Å². The van der Waals surface area contributed by atoms with Gasteiger partial charge in [-0.1, -0.05) is 29.3 Å². The Hall–Kier alpha value is -2.73. The minimum absolute atomic E-state index is 0.129. The first-order chi connectivity index (χ1) is 12.0. The Bertz CT molecular complexity index is 836. The molecule has 2 aromatic rings. The fourth-order valence-electron chi connectivity index (χ4n) is 2.34. The Morgan fingerprint density at radius 2 is 2.04 bits per heavy atom.